The first-order chi connectivity index (χ1) is 7.45. The molecule has 0 radical (unpaired) electrons. The zero-order valence-corrected chi connectivity index (χ0v) is 10.3. The molecule has 6 nitrogen and oxygen atoms in total. The first-order valence-corrected chi connectivity index (χ1v) is 7.15. The van der Waals surface area contributed by atoms with Gasteiger partial charge in [0.05, 0.1) is 25.6 Å². The van der Waals surface area contributed by atoms with Crippen LogP contribution >= 0.6 is 0 Å². The third-order valence-corrected chi connectivity index (χ3v) is 2.75. The Morgan fingerprint density at radius 2 is 2.06 bits per heavy atom. The molecule has 0 spiro atoms. The fourth-order valence-electron chi connectivity index (χ4n) is 1.01. The molecule has 2 N–H and O–H groups in total. The average Bonchev–Trinajstić information content (AvgIpc) is 2.15. The van der Waals surface area contributed by atoms with Gasteiger partial charge >= 0.3 is 0 Å². The molecule has 0 heterocycles. The van der Waals surface area contributed by atoms with Crippen molar-refractivity contribution in [3.05, 3.63) is 0 Å². The van der Waals surface area contributed by atoms with Crippen molar-refractivity contribution in [2.45, 2.75) is 12.8 Å². The van der Waals surface area contributed by atoms with Crippen molar-refractivity contribution in [3.8, 4) is 0 Å². The summed E-state index contributed by atoms with van der Waals surface area (Å²) in [6, 6.07) is 0. The Morgan fingerprint density at radius 1 is 1.38 bits per heavy atom. The Balaban J connectivity index is 3.38. The second-order valence-corrected chi connectivity index (χ2v) is 5.68. The van der Waals surface area contributed by atoms with Crippen molar-refractivity contribution in [1.82, 2.24) is 5.32 Å². The monoisotopic (exact) mass is 253 g/mol. The van der Waals surface area contributed by atoms with E-state index in [4.69, 9.17) is 9.84 Å². The quantitative estimate of drug-likeness (QED) is 0.511. The number of ether oxygens (including phenoxy) is 1. The molecule has 0 aromatic heterocycles. The summed E-state index contributed by atoms with van der Waals surface area (Å²) in [6.45, 7) is 0.933. The van der Waals surface area contributed by atoms with E-state index in [0.717, 1.165) is 6.26 Å². The molecule has 0 aliphatic carbocycles. The number of hydrogen-bond donors (Lipinski definition) is 2. The smallest absolute Gasteiger partial charge is 0.220 e. The SMILES string of the molecule is CS(=O)(=O)CCCC(=O)NCCOCCO. The van der Waals surface area contributed by atoms with E-state index in [9.17, 15) is 13.2 Å². The second-order valence-electron chi connectivity index (χ2n) is 3.42. The zero-order chi connectivity index (χ0) is 12.4. The first kappa shape index (κ1) is 15.3. The Morgan fingerprint density at radius 3 is 2.62 bits per heavy atom. The van der Waals surface area contributed by atoms with E-state index in [1.54, 1.807) is 0 Å². The fraction of sp³-hybridized carbons (Fsp3) is 0.889. The molecule has 0 unspecified atom stereocenters. The van der Waals surface area contributed by atoms with Crippen LogP contribution in [0.25, 0.3) is 0 Å². The van der Waals surface area contributed by atoms with Crippen LogP contribution in [-0.2, 0) is 19.4 Å². The molecule has 1 amide bonds. The van der Waals surface area contributed by atoms with Gasteiger partial charge in [0.15, 0.2) is 0 Å². The number of nitrogens with one attached hydrogen (secondary N) is 1. The van der Waals surface area contributed by atoms with Gasteiger partial charge in [0.25, 0.3) is 0 Å². The molecular formula is C9H19NO5S. The molecule has 0 atom stereocenters. The van der Waals surface area contributed by atoms with Gasteiger partial charge in [-0.15, -0.1) is 0 Å². The van der Waals surface area contributed by atoms with Crippen molar-refractivity contribution in [1.29, 1.82) is 0 Å². The molecule has 0 bridgehead atoms. The van der Waals surface area contributed by atoms with Gasteiger partial charge in [-0.1, -0.05) is 0 Å². The topological polar surface area (TPSA) is 92.7 Å². The lowest BCUT2D eigenvalue weighted by molar-refractivity contribution is -0.121. The highest BCUT2D eigenvalue weighted by Crippen LogP contribution is 1.93. The van der Waals surface area contributed by atoms with E-state index >= 15 is 0 Å². The summed E-state index contributed by atoms with van der Waals surface area (Å²) in [6.07, 6.45) is 1.68. The summed E-state index contributed by atoms with van der Waals surface area (Å²) < 4.78 is 26.5. The number of amides is 1. The van der Waals surface area contributed by atoms with E-state index < -0.39 is 9.84 Å². The summed E-state index contributed by atoms with van der Waals surface area (Å²) in [4.78, 5) is 11.2. The molecule has 0 fully saturated rings. The Hall–Kier alpha value is -0.660. The fourth-order valence-corrected chi connectivity index (χ4v) is 1.68. The number of hydrogen-bond acceptors (Lipinski definition) is 5. The predicted octanol–water partition coefficient (Wildman–Crippen LogP) is -1.06. The Labute approximate surface area is 95.9 Å². The third kappa shape index (κ3) is 11.4. The largest absolute Gasteiger partial charge is 0.394 e. The van der Waals surface area contributed by atoms with E-state index in [-0.39, 0.29) is 31.3 Å². The van der Waals surface area contributed by atoms with Crippen molar-refractivity contribution in [2.75, 3.05) is 38.4 Å². The summed E-state index contributed by atoms with van der Waals surface area (Å²) in [5, 5.41) is 11.0. The molecule has 0 aliphatic rings. The molecule has 0 aliphatic heterocycles. The molecule has 0 aromatic carbocycles. The number of sulfone groups is 1. The highest BCUT2D eigenvalue weighted by molar-refractivity contribution is 7.90. The number of aliphatic hydroxyl groups is 1. The summed E-state index contributed by atoms with van der Waals surface area (Å²) in [7, 11) is -2.98. The van der Waals surface area contributed by atoms with Gasteiger partial charge < -0.3 is 15.2 Å². The minimum absolute atomic E-state index is 0.0292. The van der Waals surface area contributed by atoms with E-state index in [1.165, 1.54) is 0 Å². The Kier molecular flexibility index (Phi) is 8.14. The molecule has 16 heavy (non-hydrogen) atoms. The van der Waals surface area contributed by atoms with E-state index in [1.807, 2.05) is 0 Å². The van der Waals surface area contributed by atoms with Crippen LogP contribution in [0.4, 0.5) is 0 Å². The molecule has 0 aromatic rings. The molecule has 0 saturated carbocycles. The van der Waals surface area contributed by atoms with Gasteiger partial charge in [0.1, 0.15) is 9.84 Å². The lowest BCUT2D eigenvalue weighted by Gasteiger charge is -2.05. The van der Waals surface area contributed by atoms with Crippen molar-refractivity contribution in [2.24, 2.45) is 0 Å². The normalized spacial score (nSPS) is 11.4. The molecule has 7 heteroatoms. The van der Waals surface area contributed by atoms with Crippen LogP contribution in [0.15, 0.2) is 0 Å². The van der Waals surface area contributed by atoms with Gasteiger partial charge in [-0.05, 0) is 6.42 Å². The lowest BCUT2D eigenvalue weighted by Crippen LogP contribution is -2.27. The number of aliphatic hydroxyl groups excluding tert-OH is 1. The van der Waals surface area contributed by atoms with Crippen LogP contribution in [0.2, 0.25) is 0 Å². The van der Waals surface area contributed by atoms with Gasteiger partial charge in [-0.3, -0.25) is 4.79 Å². The maximum atomic E-state index is 11.2. The number of carbonyl (C=O) groups is 1. The van der Waals surface area contributed by atoms with Crippen LogP contribution in [0.1, 0.15) is 12.8 Å². The molecule has 96 valence electrons. The van der Waals surface area contributed by atoms with Gasteiger partial charge in [-0.2, -0.15) is 0 Å². The van der Waals surface area contributed by atoms with Crippen LogP contribution in [0, 0.1) is 0 Å². The van der Waals surface area contributed by atoms with Gasteiger partial charge in [0.2, 0.25) is 5.91 Å². The molecule has 0 rings (SSSR count). The molecule has 0 saturated heterocycles. The van der Waals surface area contributed by atoms with Crippen LogP contribution in [0.3, 0.4) is 0 Å². The minimum Gasteiger partial charge on any atom is -0.394 e. The first-order valence-electron chi connectivity index (χ1n) is 5.09. The van der Waals surface area contributed by atoms with Crippen LogP contribution < -0.4 is 5.32 Å². The predicted molar refractivity (Wildman–Crippen MR) is 59.9 cm³/mol. The highest BCUT2D eigenvalue weighted by atomic mass is 32.2. The second kappa shape index (κ2) is 8.49. The summed E-state index contributed by atoms with van der Waals surface area (Å²) >= 11 is 0. The average molecular weight is 253 g/mol. The summed E-state index contributed by atoms with van der Waals surface area (Å²) in [5.41, 5.74) is 0. The maximum Gasteiger partial charge on any atom is 0.220 e. The number of rotatable bonds is 9. The van der Waals surface area contributed by atoms with Crippen molar-refractivity contribution in [3.63, 3.8) is 0 Å². The maximum absolute atomic E-state index is 11.2. The van der Waals surface area contributed by atoms with Gasteiger partial charge in [0, 0.05) is 19.2 Å². The molecular weight excluding hydrogens is 234 g/mol. The van der Waals surface area contributed by atoms with Crippen LogP contribution in [0.5, 0.6) is 0 Å². The van der Waals surface area contributed by atoms with E-state index in [0.29, 0.717) is 19.6 Å². The Bertz CT molecular complexity index is 288. The summed E-state index contributed by atoms with van der Waals surface area (Å²) in [5.74, 6) is -0.155. The van der Waals surface area contributed by atoms with Crippen LogP contribution in [-0.4, -0.2) is 57.8 Å². The van der Waals surface area contributed by atoms with Crippen molar-refractivity contribution < 1.29 is 23.1 Å². The van der Waals surface area contributed by atoms with E-state index in [2.05, 4.69) is 5.32 Å². The zero-order valence-electron chi connectivity index (χ0n) is 9.44. The third-order valence-electron chi connectivity index (χ3n) is 1.72. The standard InChI is InChI=1S/C9H19NO5S/c1-16(13,14)8-2-3-9(12)10-4-6-15-7-5-11/h11H,2-8H2,1H3,(H,10,12). The van der Waals surface area contributed by atoms with Crippen molar-refractivity contribution >= 4 is 15.7 Å². The highest BCUT2D eigenvalue weighted by Gasteiger charge is 2.05. The van der Waals surface area contributed by atoms with Gasteiger partial charge in [-0.25, -0.2) is 8.42 Å². The number of carbonyl (C=O) groups excluding carboxylic acids is 1. The lowest BCUT2D eigenvalue weighted by atomic mass is 10.3. The minimum atomic E-state index is -2.98.